The fourth-order valence-electron chi connectivity index (χ4n) is 7.66. The Morgan fingerprint density at radius 3 is 1.74 bits per heavy atom. The standard InChI is InChI=1S/C46H28O/c1-2-12-31-26-33(21-20-29(31)10-1)32-13-9-14-34(27-32)44-38-17-5-6-18-39(38)45(46-36-15-4-3-11-30(36)22-24-40(44)46)35-23-25-43-41(28-35)37-16-7-8-19-42(37)47-43/h1-28H. The van der Waals surface area contributed by atoms with Crippen LogP contribution in [0.3, 0.4) is 0 Å². The number of rotatable bonds is 3. The minimum Gasteiger partial charge on any atom is -0.456 e. The van der Waals surface area contributed by atoms with Crippen molar-refractivity contribution in [2.24, 2.45) is 0 Å². The molecule has 1 heteroatoms. The molecule has 0 atom stereocenters. The molecule has 0 aliphatic heterocycles. The van der Waals surface area contributed by atoms with Crippen molar-refractivity contribution in [3.8, 4) is 33.4 Å². The van der Waals surface area contributed by atoms with Gasteiger partial charge in [-0.15, -0.1) is 0 Å². The second kappa shape index (κ2) is 10.2. The first-order chi connectivity index (χ1) is 23.3. The minimum atomic E-state index is 0.913. The van der Waals surface area contributed by atoms with Crippen molar-refractivity contribution >= 4 is 65.0 Å². The summed E-state index contributed by atoms with van der Waals surface area (Å²) in [7, 11) is 0. The molecule has 0 radical (unpaired) electrons. The molecule has 1 aromatic heterocycles. The van der Waals surface area contributed by atoms with Gasteiger partial charge in [0.25, 0.3) is 0 Å². The maximum atomic E-state index is 6.24. The van der Waals surface area contributed by atoms with E-state index in [1.54, 1.807) is 0 Å². The average Bonchev–Trinajstić information content (AvgIpc) is 3.51. The highest BCUT2D eigenvalue weighted by atomic mass is 16.3. The lowest BCUT2D eigenvalue weighted by Gasteiger charge is -2.20. The molecule has 0 spiro atoms. The molecule has 0 aliphatic rings. The van der Waals surface area contributed by atoms with Gasteiger partial charge in [0.05, 0.1) is 0 Å². The van der Waals surface area contributed by atoms with Gasteiger partial charge in [-0.25, -0.2) is 0 Å². The van der Waals surface area contributed by atoms with E-state index in [1.165, 1.54) is 76.5 Å². The lowest BCUT2D eigenvalue weighted by molar-refractivity contribution is 0.669. The second-order valence-corrected chi connectivity index (χ2v) is 12.5. The average molecular weight is 597 g/mol. The number of furan rings is 1. The second-order valence-electron chi connectivity index (χ2n) is 12.5. The minimum absolute atomic E-state index is 0.913. The zero-order valence-corrected chi connectivity index (χ0v) is 25.6. The molecule has 9 aromatic carbocycles. The summed E-state index contributed by atoms with van der Waals surface area (Å²) in [6, 6.07) is 61.7. The molecule has 1 heterocycles. The third-order valence-electron chi connectivity index (χ3n) is 9.81. The maximum Gasteiger partial charge on any atom is 0.135 e. The normalized spacial score (nSPS) is 11.8. The van der Waals surface area contributed by atoms with Crippen LogP contribution >= 0.6 is 0 Å². The van der Waals surface area contributed by atoms with Gasteiger partial charge in [-0.05, 0) is 107 Å². The van der Waals surface area contributed by atoms with E-state index in [-0.39, 0.29) is 0 Å². The summed E-state index contributed by atoms with van der Waals surface area (Å²) in [4.78, 5) is 0. The summed E-state index contributed by atoms with van der Waals surface area (Å²) in [5, 5.41) is 12.3. The summed E-state index contributed by atoms with van der Waals surface area (Å²) in [6.07, 6.45) is 0. The van der Waals surface area contributed by atoms with Gasteiger partial charge in [0, 0.05) is 10.8 Å². The molecule has 0 N–H and O–H groups in total. The number of hydrogen-bond acceptors (Lipinski definition) is 1. The van der Waals surface area contributed by atoms with Crippen LogP contribution in [-0.4, -0.2) is 0 Å². The Labute approximate surface area is 271 Å². The van der Waals surface area contributed by atoms with E-state index in [4.69, 9.17) is 4.42 Å². The topological polar surface area (TPSA) is 13.1 Å². The Hall–Kier alpha value is -6.18. The van der Waals surface area contributed by atoms with Crippen LogP contribution in [-0.2, 0) is 0 Å². The Bertz CT molecular complexity index is 2850. The van der Waals surface area contributed by atoms with Crippen LogP contribution < -0.4 is 0 Å². The van der Waals surface area contributed by atoms with Gasteiger partial charge < -0.3 is 4.42 Å². The van der Waals surface area contributed by atoms with Crippen molar-refractivity contribution in [1.82, 2.24) is 0 Å². The summed E-state index contributed by atoms with van der Waals surface area (Å²) >= 11 is 0. The molecule has 0 unspecified atom stereocenters. The van der Waals surface area contributed by atoms with E-state index in [1.807, 2.05) is 12.1 Å². The van der Waals surface area contributed by atoms with E-state index < -0.39 is 0 Å². The lowest BCUT2D eigenvalue weighted by atomic mass is 9.83. The zero-order chi connectivity index (χ0) is 30.9. The smallest absolute Gasteiger partial charge is 0.135 e. The van der Waals surface area contributed by atoms with Crippen molar-refractivity contribution < 1.29 is 4.42 Å². The van der Waals surface area contributed by atoms with Crippen LogP contribution in [0.2, 0.25) is 0 Å². The highest BCUT2D eigenvalue weighted by molar-refractivity contribution is 6.28. The van der Waals surface area contributed by atoms with Gasteiger partial charge in [-0.1, -0.05) is 140 Å². The predicted octanol–water partition coefficient (Wildman–Crippen LogP) is 13.2. The molecule has 0 saturated heterocycles. The van der Waals surface area contributed by atoms with Crippen molar-refractivity contribution in [1.29, 1.82) is 0 Å². The van der Waals surface area contributed by atoms with Crippen molar-refractivity contribution in [3.05, 3.63) is 170 Å². The van der Waals surface area contributed by atoms with Gasteiger partial charge >= 0.3 is 0 Å². The monoisotopic (exact) mass is 596 g/mol. The molecule has 218 valence electrons. The maximum absolute atomic E-state index is 6.24. The quantitative estimate of drug-likeness (QED) is 0.146. The first kappa shape index (κ1) is 26.1. The molecule has 0 fully saturated rings. The molecule has 0 bridgehead atoms. The number of fused-ring (bicyclic) bond motifs is 8. The van der Waals surface area contributed by atoms with E-state index in [9.17, 15) is 0 Å². The van der Waals surface area contributed by atoms with Gasteiger partial charge in [0.1, 0.15) is 11.2 Å². The molecular formula is C46H28O. The van der Waals surface area contributed by atoms with Crippen LogP contribution in [0, 0.1) is 0 Å². The molecule has 1 nitrogen and oxygen atoms in total. The van der Waals surface area contributed by atoms with E-state index in [2.05, 4.69) is 158 Å². The zero-order valence-electron chi connectivity index (χ0n) is 25.6. The van der Waals surface area contributed by atoms with Crippen LogP contribution in [0.5, 0.6) is 0 Å². The first-order valence-corrected chi connectivity index (χ1v) is 16.2. The van der Waals surface area contributed by atoms with Crippen LogP contribution in [0.1, 0.15) is 0 Å². The Morgan fingerprint density at radius 2 is 0.872 bits per heavy atom. The Kier molecular flexibility index (Phi) is 5.64. The molecule has 10 aromatic rings. The van der Waals surface area contributed by atoms with Crippen molar-refractivity contribution in [2.45, 2.75) is 0 Å². The molecular weight excluding hydrogens is 569 g/mol. The summed E-state index contributed by atoms with van der Waals surface area (Å²) < 4.78 is 6.24. The van der Waals surface area contributed by atoms with Gasteiger partial charge in [0.2, 0.25) is 0 Å². The van der Waals surface area contributed by atoms with Gasteiger partial charge in [-0.2, -0.15) is 0 Å². The Balaban J connectivity index is 1.30. The third kappa shape index (κ3) is 4.03. The molecule has 0 saturated carbocycles. The number of para-hydroxylation sites is 1. The summed E-state index contributed by atoms with van der Waals surface area (Å²) in [5.41, 5.74) is 9.20. The highest BCUT2D eigenvalue weighted by Crippen LogP contribution is 2.47. The van der Waals surface area contributed by atoms with E-state index in [0.717, 1.165) is 21.9 Å². The van der Waals surface area contributed by atoms with Crippen LogP contribution in [0.25, 0.3) is 98.4 Å². The molecule has 0 aliphatic carbocycles. The number of benzene rings is 9. The number of hydrogen-bond donors (Lipinski definition) is 0. The van der Waals surface area contributed by atoms with E-state index in [0.29, 0.717) is 0 Å². The fourth-order valence-corrected chi connectivity index (χ4v) is 7.66. The van der Waals surface area contributed by atoms with Crippen LogP contribution in [0.15, 0.2) is 174 Å². The van der Waals surface area contributed by atoms with E-state index >= 15 is 0 Å². The largest absolute Gasteiger partial charge is 0.456 e. The molecule has 47 heavy (non-hydrogen) atoms. The molecule has 10 rings (SSSR count). The third-order valence-corrected chi connectivity index (χ3v) is 9.81. The molecule has 0 amide bonds. The lowest BCUT2D eigenvalue weighted by Crippen LogP contribution is -1.92. The first-order valence-electron chi connectivity index (χ1n) is 16.2. The Morgan fingerprint density at radius 1 is 0.277 bits per heavy atom. The van der Waals surface area contributed by atoms with Gasteiger partial charge in [-0.3, -0.25) is 0 Å². The van der Waals surface area contributed by atoms with Crippen molar-refractivity contribution in [2.75, 3.05) is 0 Å². The predicted molar refractivity (Wildman–Crippen MR) is 200 cm³/mol. The fraction of sp³-hybridized carbons (Fsp3) is 0. The summed E-state index contributed by atoms with van der Waals surface area (Å²) in [6.45, 7) is 0. The SMILES string of the molecule is c1cc(-c2ccc3ccccc3c2)cc(-c2c3ccccc3c(-c3ccc4oc5ccccc5c4c3)c3c2ccc2ccccc23)c1. The van der Waals surface area contributed by atoms with Gasteiger partial charge in [0.15, 0.2) is 0 Å². The highest BCUT2D eigenvalue weighted by Gasteiger charge is 2.20. The van der Waals surface area contributed by atoms with Crippen molar-refractivity contribution in [3.63, 3.8) is 0 Å². The summed E-state index contributed by atoms with van der Waals surface area (Å²) in [5.74, 6) is 0. The van der Waals surface area contributed by atoms with Crippen LogP contribution in [0.4, 0.5) is 0 Å².